The summed E-state index contributed by atoms with van der Waals surface area (Å²) in [6.45, 7) is 0.804. The first-order chi connectivity index (χ1) is 9.56. The Kier molecular flexibility index (Phi) is 4.84. The molecule has 1 heterocycles. The molecule has 1 fully saturated rings. The number of rotatable bonds is 6. The molecular formula is C15H18FNO3. The molecule has 2 N–H and O–H groups in total. The fraction of sp³-hybridized carbons (Fsp3) is 0.467. The zero-order chi connectivity index (χ0) is 14.5. The lowest BCUT2D eigenvalue weighted by molar-refractivity contribution is -0.143. The highest BCUT2D eigenvalue weighted by atomic mass is 19.1. The summed E-state index contributed by atoms with van der Waals surface area (Å²) < 4.78 is 13.1. The van der Waals surface area contributed by atoms with E-state index >= 15 is 0 Å². The summed E-state index contributed by atoms with van der Waals surface area (Å²) in [6, 6.07) is 5.63. The van der Waals surface area contributed by atoms with Crippen LogP contribution in [0.5, 0.6) is 0 Å². The fourth-order valence-corrected chi connectivity index (χ4v) is 2.54. The third kappa shape index (κ3) is 3.87. The summed E-state index contributed by atoms with van der Waals surface area (Å²) in [5, 5.41) is 12.3. The Morgan fingerprint density at radius 1 is 1.45 bits per heavy atom. The van der Waals surface area contributed by atoms with Gasteiger partial charge in [0.1, 0.15) is 5.82 Å². The van der Waals surface area contributed by atoms with Gasteiger partial charge in [0.15, 0.2) is 5.78 Å². The minimum atomic E-state index is -1.01. The van der Waals surface area contributed by atoms with Crippen LogP contribution in [0.2, 0.25) is 0 Å². The number of halogens is 1. The standard InChI is InChI=1S/C15H18FNO3/c16-12-4-1-3-10(8-12)7-11(15(19)20)9-14(18)13-5-2-6-17-13/h1,3-4,8,11,13,17H,2,5-7,9H2,(H,19,20)/t11?,13-/m0/s1. The number of nitrogens with one attached hydrogen (secondary N) is 1. The number of benzene rings is 1. The van der Waals surface area contributed by atoms with Gasteiger partial charge in [0.05, 0.1) is 12.0 Å². The predicted octanol–water partition coefficient (Wildman–Crippen LogP) is 1.78. The minimum Gasteiger partial charge on any atom is -0.481 e. The summed E-state index contributed by atoms with van der Waals surface area (Å²) in [5.74, 6) is -2.27. The Labute approximate surface area is 117 Å². The van der Waals surface area contributed by atoms with Crippen molar-refractivity contribution in [1.82, 2.24) is 5.32 Å². The van der Waals surface area contributed by atoms with Gasteiger partial charge in [-0.15, -0.1) is 0 Å². The topological polar surface area (TPSA) is 66.4 Å². The molecule has 1 saturated heterocycles. The molecule has 0 saturated carbocycles. The summed E-state index contributed by atoms with van der Waals surface area (Å²) in [5.41, 5.74) is 0.601. The maximum Gasteiger partial charge on any atom is 0.307 e. The molecule has 4 nitrogen and oxygen atoms in total. The van der Waals surface area contributed by atoms with E-state index < -0.39 is 17.7 Å². The molecule has 108 valence electrons. The van der Waals surface area contributed by atoms with Crippen LogP contribution in [0.25, 0.3) is 0 Å². The third-order valence-corrected chi connectivity index (χ3v) is 3.62. The van der Waals surface area contributed by atoms with Crippen LogP contribution in [0.4, 0.5) is 4.39 Å². The predicted molar refractivity (Wildman–Crippen MR) is 71.9 cm³/mol. The number of hydrogen-bond acceptors (Lipinski definition) is 3. The largest absolute Gasteiger partial charge is 0.481 e. The van der Waals surface area contributed by atoms with E-state index in [1.165, 1.54) is 12.1 Å². The number of Topliss-reactive ketones (excluding diaryl/α,β-unsaturated/α-hetero) is 1. The zero-order valence-corrected chi connectivity index (χ0v) is 11.1. The summed E-state index contributed by atoms with van der Waals surface area (Å²) >= 11 is 0. The summed E-state index contributed by atoms with van der Waals surface area (Å²) in [4.78, 5) is 23.3. The van der Waals surface area contributed by atoms with Crippen molar-refractivity contribution in [2.45, 2.75) is 31.7 Å². The van der Waals surface area contributed by atoms with Crippen LogP contribution in [0.1, 0.15) is 24.8 Å². The average Bonchev–Trinajstić information content (AvgIpc) is 2.91. The van der Waals surface area contributed by atoms with Gasteiger partial charge in [0.25, 0.3) is 0 Å². The number of hydrogen-bond donors (Lipinski definition) is 2. The van der Waals surface area contributed by atoms with Gasteiger partial charge in [-0.3, -0.25) is 9.59 Å². The van der Waals surface area contributed by atoms with E-state index in [0.29, 0.717) is 5.56 Å². The van der Waals surface area contributed by atoms with Crippen molar-refractivity contribution in [2.24, 2.45) is 5.92 Å². The van der Waals surface area contributed by atoms with Gasteiger partial charge in [-0.2, -0.15) is 0 Å². The van der Waals surface area contributed by atoms with E-state index in [1.807, 2.05) is 0 Å². The second kappa shape index (κ2) is 6.61. The summed E-state index contributed by atoms with van der Waals surface area (Å²) in [6.07, 6.45) is 1.87. The van der Waals surface area contributed by atoms with Crippen molar-refractivity contribution >= 4 is 11.8 Å². The molecule has 1 aromatic rings. The molecule has 0 radical (unpaired) electrons. The molecule has 1 aliphatic heterocycles. The van der Waals surface area contributed by atoms with E-state index in [-0.39, 0.29) is 24.7 Å². The molecule has 0 amide bonds. The maximum atomic E-state index is 13.1. The van der Waals surface area contributed by atoms with E-state index in [1.54, 1.807) is 12.1 Å². The lowest BCUT2D eigenvalue weighted by Crippen LogP contribution is -2.33. The number of aliphatic carboxylic acids is 1. The highest BCUT2D eigenvalue weighted by Gasteiger charge is 2.28. The quantitative estimate of drug-likeness (QED) is 0.833. The number of carboxylic acids is 1. The molecular weight excluding hydrogens is 261 g/mol. The Balaban J connectivity index is 2.00. The number of ketones is 1. The van der Waals surface area contributed by atoms with Gasteiger partial charge in [0.2, 0.25) is 0 Å². The van der Waals surface area contributed by atoms with Gasteiger partial charge in [0, 0.05) is 6.42 Å². The fourth-order valence-electron chi connectivity index (χ4n) is 2.54. The molecule has 1 aromatic carbocycles. The van der Waals surface area contributed by atoms with Crippen molar-refractivity contribution in [3.8, 4) is 0 Å². The molecule has 1 aliphatic rings. The Morgan fingerprint density at radius 3 is 2.85 bits per heavy atom. The Bertz CT molecular complexity index is 498. The highest BCUT2D eigenvalue weighted by Crippen LogP contribution is 2.17. The first-order valence-electron chi connectivity index (χ1n) is 6.79. The van der Waals surface area contributed by atoms with Gasteiger partial charge in [-0.25, -0.2) is 4.39 Å². The SMILES string of the molecule is O=C(O)C(CC(=O)[C@@H]1CCCN1)Cc1cccc(F)c1. The maximum absolute atomic E-state index is 13.1. The first-order valence-corrected chi connectivity index (χ1v) is 6.79. The highest BCUT2D eigenvalue weighted by molar-refractivity contribution is 5.88. The molecule has 2 atom stereocenters. The van der Waals surface area contributed by atoms with Crippen molar-refractivity contribution in [2.75, 3.05) is 6.54 Å². The molecule has 5 heteroatoms. The number of carbonyl (C=O) groups is 2. The van der Waals surface area contributed by atoms with Crippen LogP contribution in [-0.2, 0) is 16.0 Å². The second-order valence-corrected chi connectivity index (χ2v) is 5.19. The lowest BCUT2D eigenvalue weighted by atomic mass is 9.92. The second-order valence-electron chi connectivity index (χ2n) is 5.19. The Morgan fingerprint density at radius 2 is 2.25 bits per heavy atom. The monoisotopic (exact) mass is 279 g/mol. The van der Waals surface area contributed by atoms with Crippen molar-refractivity contribution < 1.29 is 19.1 Å². The molecule has 0 aromatic heterocycles. The van der Waals surface area contributed by atoms with Gasteiger partial charge in [-0.1, -0.05) is 12.1 Å². The van der Waals surface area contributed by atoms with Gasteiger partial charge >= 0.3 is 5.97 Å². The third-order valence-electron chi connectivity index (χ3n) is 3.62. The van der Waals surface area contributed by atoms with Crippen LogP contribution in [-0.4, -0.2) is 29.4 Å². The molecule has 2 rings (SSSR count). The molecule has 0 spiro atoms. The van der Waals surface area contributed by atoms with E-state index in [2.05, 4.69) is 5.32 Å². The number of carboxylic acid groups (broad SMARTS) is 1. The minimum absolute atomic E-state index is 0.0104. The smallest absolute Gasteiger partial charge is 0.307 e. The number of carbonyl (C=O) groups excluding carboxylic acids is 1. The average molecular weight is 279 g/mol. The van der Waals surface area contributed by atoms with Crippen molar-refractivity contribution in [1.29, 1.82) is 0 Å². The summed E-state index contributed by atoms with van der Waals surface area (Å²) in [7, 11) is 0. The van der Waals surface area contributed by atoms with E-state index in [4.69, 9.17) is 0 Å². The van der Waals surface area contributed by atoms with Crippen LogP contribution >= 0.6 is 0 Å². The normalized spacial score (nSPS) is 19.8. The Hall–Kier alpha value is -1.75. The van der Waals surface area contributed by atoms with E-state index in [0.717, 1.165) is 19.4 Å². The molecule has 0 bridgehead atoms. The molecule has 1 unspecified atom stereocenters. The van der Waals surface area contributed by atoms with Crippen LogP contribution in [0, 0.1) is 11.7 Å². The zero-order valence-electron chi connectivity index (χ0n) is 11.1. The lowest BCUT2D eigenvalue weighted by Gasteiger charge is -2.15. The van der Waals surface area contributed by atoms with Gasteiger partial charge in [-0.05, 0) is 43.5 Å². The van der Waals surface area contributed by atoms with Crippen LogP contribution in [0.15, 0.2) is 24.3 Å². The van der Waals surface area contributed by atoms with Crippen LogP contribution in [0.3, 0.4) is 0 Å². The van der Waals surface area contributed by atoms with E-state index in [9.17, 15) is 19.1 Å². The van der Waals surface area contributed by atoms with Crippen LogP contribution < -0.4 is 5.32 Å². The van der Waals surface area contributed by atoms with Gasteiger partial charge < -0.3 is 10.4 Å². The molecule has 0 aliphatic carbocycles. The van der Waals surface area contributed by atoms with Crippen molar-refractivity contribution in [3.63, 3.8) is 0 Å². The van der Waals surface area contributed by atoms with Crippen molar-refractivity contribution in [3.05, 3.63) is 35.6 Å². The first kappa shape index (κ1) is 14.7. The molecule has 20 heavy (non-hydrogen) atoms.